The Balaban J connectivity index is 3.00. The van der Waals surface area contributed by atoms with E-state index in [0.717, 1.165) is 5.56 Å². The third kappa shape index (κ3) is 2.77. The first-order chi connectivity index (χ1) is 7.01. The maximum absolute atomic E-state index is 11.5. The Morgan fingerprint density at radius 2 is 1.80 bits per heavy atom. The Hall–Kier alpha value is -0.910. The lowest BCUT2D eigenvalue weighted by molar-refractivity contribution is 0.597. The van der Waals surface area contributed by atoms with Crippen molar-refractivity contribution in [2.45, 2.75) is 17.9 Å². The minimum absolute atomic E-state index is 0.106. The van der Waals surface area contributed by atoms with Gasteiger partial charge in [0.1, 0.15) is 0 Å². The first-order valence-corrected chi connectivity index (χ1v) is 6.45. The van der Waals surface area contributed by atoms with Crippen molar-refractivity contribution in [1.29, 1.82) is 0 Å². The van der Waals surface area contributed by atoms with E-state index < -0.39 is 9.84 Å². The lowest BCUT2D eigenvalue weighted by Crippen LogP contribution is -2.20. The molecule has 0 saturated heterocycles. The molecule has 84 valence electrons. The Morgan fingerprint density at radius 1 is 1.27 bits per heavy atom. The molecule has 0 aromatic heterocycles. The van der Waals surface area contributed by atoms with Crippen LogP contribution in [0.3, 0.4) is 0 Å². The molecule has 5 heteroatoms. The highest BCUT2D eigenvalue weighted by molar-refractivity contribution is 7.91. The van der Waals surface area contributed by atoms with Gasteiger partial charge >= 0.3 is 0 Å². The molecule has 0 fully saturated rings. The van der Waals surface area contributed by atoms with Gasteiger partial charge in [-0.05, 0) is 17.7 Å². The fraction of sp³-hybridized carbons (Fsp3) is 0.400. The van der Waals surface area contributed by atoms with E-state index in [0.29, 0.717) is 11.4 Å². The first-order valence-electron chi connectivity index (χ1n) is 4.79. The molecule has 0 bridgehead atoms. The molecular formula is C10H16N2O2S. The summed E-state index contributed by atoms with van der Waals surface area (Å²) in [5, 5.41) is 0. The largest absolute Gasteiger partial charge is 0.329 e. The molecule has 0 radical (unpaired) electrons. The van der Waals surface area contributed by atoms with E-state index in [1.54, 1.807) is 31.2 Å². The molecule has 0 saturated carbocycles. The van der Waals surface area contributed by atoms with Crippen LogP contribution >= 0.6 is 0 Å². The van der Waals surface area contributed by atoms with Gasteiger partial charge in [-0.1, -0.05) is 19.1 Å². The molecule has 4 nitrogen and oxygen atoms in total. The predicted octanol–water partition coefficient (Wildman–Crippen LogP) is 0.439. The van der Waals surface area contributed by atoms with Crippen molar-refractivity contribution in [1.82, 2.24) is 0 Å². The van der Waals surface area contributed by atoms with Gasteiger partial charge in [0.2, 0.25) is 0 Å². The van der Waals surface area contributed by atoms with Crippen LogP contribution in [0.25, 0.3) is 0 Å². The lowest BCUT2D eigenvalue weighted by Gasteiger charge is -2.09. The zero-order valence-electron chi connectivity index (χ0n) is 8.68. The number of hydrogen-bond donors (Lipinski definition) is 2. The summed E-state index contributed by atoms with van der Waals surface area (Å²) in [7, 11) is -3.12. The van der Waals surface area contributed by atoms with E-state index in [4.69, 9.17) is 11.5 Å². The second kappa shape index (κ2) is 4.74. The summed E-state index contributed by atoms with van der Waals surface area (Å²) in [6.45, 7) is 1.97. The SMILES string of the molecule is CCS(=O)(=O)c1ccc(C(N)CN)cc1. The number of sulfone groups is 1. The van der Waals surface area contributed by atoms with E-state index in [-0.39, 0.29) is 11.8 Å². The van der Waals surface area contributed by atoms with Crippen molar-refractivity contribution in [3.8, 4) is 0 Å². The zero-order chi connectivity index (χ0) is 11.5. The normalized spacial score (nSPS) is 13.8. The quantitative estimate of drug-likeness (QED) is 0.783. The van der Waals surface area contributed by atoms with Crippen molar-refractivity contribution in [3.63, 3.8) is 0 Å². The Morgan fingerprint density at radius 3 is 2.20 bits per heavy atom. The van der Waals surface area contributed by atoms with Crippen LogP contribution in [0.1, 0.15) is 18.5 Å². The van der Waals surface area contributed by atoms with Crippen LogP contribution in [0.15, 0.2) is 29.2 Å². The lowest BCUT2D eigenvalue weighted by atomic mass is 10.1. The molecule has 0 heterocycles. The molecule has 0 aliphatic rings. The van der Waals surface area contributed by atoms with Gasteiger partial charge in [-0.25, -0.2) is 8.42 Å². The van der Waals surface area contributed by atoms with Crippen LogP contribution in [-0.4, -0.2) is 20.7 Å². The van der Waals surface area contributed by atoms with Gasteiger partial charge in [0.05, 0.1) is 10.6 Å². The molecule has 0 aliphatic carbocycles. The number of hydrogen-bond acceptors (Lipinski definition) is 4. The molecule has 1 rings (SSSR count). The van der Waals surface area contributed by atoms with E-state index in [1.807, 2.05) is 0 Å². The first kappa shape index (κ1) is 12.2. The van der Waals surface area contributed by atoms with Crippen LogP contribution in [0.2, 0.25) is 0 Å². The van der Waals surface area contributed by atoms with Crippen molar-refractivity contribution in [2.24, 2.45) is 11.5 Å². The smallest absolute Gasteiger partial charge is 0.178 e. The predicted molar refractivity (Wildman–Crippen MR) is 60.2 cm³/mol. The molecule has 1 atom stereocenters. The average molecular weight is 228 g/mol. The van der Waals surface area contributed by atoms with Crippen molar-refractivity contribution in [2.75, 3.05) is 12.3 Å². The van der Waals surface area contributed by atoms with Crippen LogP contribution in [-0.2, 0) is 9.84 Å². The molecule has 4 N–H and O–H groups in total. The van der Waals surface area contributed by atoms with Crippen molar-refractivity contribution >= 4 is 9.84 Å². The molecule has 1 aromatic carbocycles. The van der Waals surface area contributed by atoms with Crippen LogP contribution in [0.5, 0.6) is 0 Å². The molecule has 1 unspecified atom stereocenters. The van der Waals surface area contributed by atoms with E-state index in [1.165, 1.54) is 0 Å². The van der Waals surface area contributed by atoms with Gasteiger partial charge in [-0.15, -0.1) is 0 Å². The van der Waals surface area contributed by atoms with Crippen molar-refractivity contribution < 1.29 is 8.42 Å². The van der Waals surface area contributed by atoms with Crippen LogP contribution < -0.4 is 11.5 Å². The molecule has 1 aromatic rings. The molecule has 0 aliphatic heterocycles. The Bertz CT molecular complexity index is 412. The van der Waals surface area contributed by atoms with Gasteiger partial charge in [-0.2, -0.15) is 0 Å². The number of rotatable bonds is 4. The van der Waals surface area contributed by atoms with Gasteiger partial charge < -0.3 is 11.5 Å². The van der Waals surface area contributed by atoms with Gasteiger partial charge in [-0.3, -0.25) is 0 Å². The summed E-state index contributed by atoms with van der Waals surface area (Å²) in [6.07, 6.45) is 0. The number of benzene rings is 1. The highest BCUT2D eigenvalue weighted by atomic mass is 32.2. The van der Waals surface area contributed by atoms with Crippen molar-refractivity contribution in [3.05, 3.63) is 29.8 Å². The maximum Gasteiger partial charge on any atom is 0.178 e. The summed E-state index contributed by atoms with van der Waals surface area (Å²) in [4.78, 5) is 0.331. The molecule has 15 heavy (non-hydrogen) atoms. The fourth-order valence-electron chi connectivity index (χ4n) is 1.23. The summed E-state index contributed by atoms with van der Waals surface area (Å²) < 4.78 is 23.0. The van der Waals surface area contributed by atoms with Gasteiger partial charge in [0.15, 0.2) is 9.84 Å². The minimum atomic E-state index is -3.12. The summed E-state index contributed by atoms with van der Waals surface area (Å²) in [6, 6.07) is 6.33. The standard InChI is InChI=1S/C10H16N2O2S/c1-2-15(13,14)9-5-3-8(4-6-9)10(12)7-11/h3-6,10H,2,7,11-12H2,1H3. The third-order valence-corrected chi connectivity index (χ3v) is 4.05. The minimum Gasteiger partial charge on any atom is -0.329 e. The van der Waals surface area contributed by atoms with E-state index in [2.05, 4.69) is 0 Å². The second-order valence-corrected chi connectivity index (χ2v) is 5.59. The van der Waals surface area contributed by atoms with Crippen LogP contribution in [0.4, 0.5) is 0 Å². The van der Waals surface area contributed by atoms with Crippen LogP contribution in [0, 0.1) is 0 Å². The van der Waals surface area contributed by atoms with Gasteiger partial charge in [0.25, 0.3) is 0 Å². The third-order valence-electron chi connectivity index (χ3n) is 2.30. The highest BCUT2D eigenvalue weighted by Gasteiger charge is 2.11. The second-order valence-electron chi connectivity index (χ2n) is 3.31. The van der Waals surface area contributed by atoms with E-state index in [9.17, 15) is 8.42 Å². The Kier molecular flexibility index (Phi) is 3.84. The molecule has 0 spiro atoms. The summed E-state index contributed by atoms with van der Waals surface area (Å²) >= 11 is 0. The summed E-state index contributed by atoms with van der Waals surface area (Å²) in [5.41, 5.74) is 12.0. The zero-order valence-corrected chi connectivity index (χ0v) is 9.50. The monoisotopic (exact) mass is 228 g/mol. The average Bonchev–Trinajstić information content (AvgIpc) is 2.28. The Labute approximate surface area is 90.2 Å². The summed E-state index contributed by atoms with van der Waals surface area (Å²) in [5.74, 6) is 0.106. The maximum atomic E-state index is 11.5. The molecule has 0 amide bonds. The highest BCUT2D eigenvalue weighted by Crippen LogP contribution is 2.15. The van der Waals surface area contributed by atoms with E-state index >= 15 is 0 Å². The fourth-order valence-corrected chi connectivity index (χ4v) is 2.11. The molecular weight excluding hydrogens is 212 g/mol. The number of nitrogens with two attached hydrogens (primary N) is 2. The topological polar surface area (TPSA) is 86.2 Å². The van der Waals surface area contributed by atoms with Gasteiger partial charge in [0, 0.05) is 12.6 Å².